The minimum Gasteiger partial charge on any atom is -0.387 e. The topological polar surface area (TPSA) is 100 Å². The molecule has 0 saturated heterocycles. The van der Waals surface area contributed by atoms with Crippen molar-refractivity contribution in [2.24, 2.45) is 5.73 Å². The highest BCUT2D eigenvalue weighted by molar-refractivity contribution is 7.89. The van der Waals surface area contributed by atoms with Gasteiger partial charge >= 0.3 is 0 Å². The Morgan fingerprint density at radius 1 is 1.38 bits per heavy atom. The summed E-state index contributed by atoms with van der Waals surface area (Å²) < 4.78 is 26.9. The van der Waals surface area contributed by atoms with Crippen molar-refractivity contribution in [3.05, 3.63) is 36.7 Å². The number of sulfonamides is 1. The van der Waals surface area contributed by atoms with Gasteiger partial charge in [-0.05, 0) is 18.6 Å². The van der Waals surface area contributed by atoms with E-state index in [1.807, 2.05) is 13.0 Å². The predicted molar refractivity (Wildman–Crippen MR) is 82.7 cm³/mol. The average molecular weight is 306 g/mol. The first-order chi connectivity index (χ1) is 9.96. The first-order valence-electron chi connectivity index (χ1n) is 6.62. The number of fused-ring (bicyclic) bond motifs is 1. The first-order valence-corrected chi connectivity index (χ1v) is 8.06. The smallest absolute Gasteiger partial charge is 0.244 e. The minimum absolute atomic E-state index is 0.0996. The fourth-order valence-electron chi connectivity index (χ4n) is 2.18. The number of pyridine rings is 1. The molecule has 0 bridgehead atoms. The van der Waals surface area contributed by atoms with Crippen molar-refractivity contribution < 1.29 is 8.42 Å². The van der Waals surface area contributed by atoms with Crippen LogP contribution in [0, 0.1) is 5.41 Å². The maximum Gasteiger partial charge on any atom is 0.244 e. The van der Waals surface area contributed by atoms with Crippen LogP contribution in [0.4, 0.5) is 0 Å². The van der Waals surface area contributed by atoms with Gasteiger partial charge in [0.2, 0.25) is 10.0 Å². The van der Waals surface area contributed by atoms with Crippen LogP contribution < -0.4 is 5.73 Å². The molecule has 2 rings (SSSR count). The van der Waals surface area contributed by atoms with Crippen LogP contribution in [0.1, 0.15) is 13.3 Å². The molecule has 0 fully saturated rings. The summed E-state index contributed by atoms with van der Waals surface area (Å²) in [6, 6.07) is 6.76. The lowest BCUT2D eigenvalue weighted by molar-refractivity contribution is 0.448. The largest absolute Gasteiger partial charge is 0.387 e. The summed E-state index contributed by atoms with van der Waals surface area (Å²) in [7, 11) is -3.70. The lowest BCUT2D eigenvalue weighted by Gasteiger charge is -2.21. The second-order valence-corrected chi connectivity index (χ2v) is 6.62. The third-order valence-electron chi connectivity index (χ3n) is 3.08. The van der Waals surface area contributed by atoms with E-state index in [2.05, 4.69) is 4.98 Å². The third-order valence-corrected chi connectivity index (χ3v) is 4.98. The van der Waals surface area contributed by atoms with Crippen LogP contribution in [0.2, 0.25) is 0 Å². The fourth-order valence-corrected chi connectivity index (χ4v) is 3.90. The number of benzene rings is 1. The van der Waals surface area contributed by atoms with E-state index in [4.69, 9.17) is 11.1 Å². The number of nitrogens with two attached hydrogens (primary N) is 1. The van der Waals surface area contributed by atoms with Crippen LogP contribution in [-0.2, 0) is 10.0 Å². The standard InChI is InChI=1S/C14H18N4O2S/c1-2-8-18(10-14(15)16)21(19,20)13-5-3-4-11-9-17-7-6-12(11)13/h3-7,9H,2,8,10H2,1H3,(H3,15,16). The number of nitrogens with zero attached hydrogens (tertiary/aromatic N) is 2. The molecule has 0 aliphatic rings. The molecule has 0 amide bonds. The van der Waals surface area contributed by atoms with E-state index in [0.717, 1.165) is 5.39 Å². The summed E-state index contributed by atoms with van der Waals surface area (Å²) in [6.45, 7) is 2.11. The molecule has 0 spiro atoms. The van der Waals surface area contributed by atoms with Crippen molar-refractivity contribution >= 4 is 26.6 Å². The second kappa shape index (κ2) is 6.19. The molecule has 1 heterocycles. The summed E-state index contributed by atoms with van der Waals surface area (Å²) in [5.74, 6) is -0.172. The average Bonchev–Trinajstić information content (AvgIpc) is 2.45. The van der Waals surface area contributed by atoms with Gasteiger partial charge < -0.3 is 5.73 Å². The molecule has 7 heteroatoms. The molecule has 0 atom stereocenters. The third kappa shape index (κ3) is 3.20. The highest BCUT2D eigenvalue weighted by Crippen LogP contribution is 2.25. The molecule has 112 valence electrons. The Bertz CT molecular complexity index is 753. The van der Waals surface area contributed by atoms with Crippen LogP contribution in [0.3, 0.4) is 0 Å². The molecule has 2 aromatic rings. The van der Waals surface area contributed by atoms with Crippen LogP contribution in [-0.4, -0.2) is 36.6 Å². The minimum atomic E-state index is -3.70. The molecular formula is C14H18N4O2S. The van der Waals surface area contributed by atoms with E-state index in [-0.39, 0.29) is 17.3 Å². The van der Waals surface area contributed by atoms with E-state index in [1.165, 1.54) is 4.31 Å². The van der Waals surface area contributed by atoms with Gasteiger partial charge in [-0.3, -0.25) is 10.4 Å². The molecule has 6 nitrogen and oxygen atoms in total. The van der Waals surface area contributed by atoms with Crippen molar-refractivity contribution in [1.29, 1.82) is 5.41 Å². The maximum absolute atomic E-state index is 12.8. The van der Waals surface area contributed by atoms with Crippen LogP contribution in [0.25, 0.3) is 10.8 Å². The zero-order chi connectivity index (χ0) is 15.5. The van der Waals surface area contributed by atoms with Crippen molar-refractivity contribution in [2.45, 2.75) is 18.2 Å². The van der Waals surface area contributed by atoms with Crippen molar-refractivity contribution in [1.82, 2.24) is 9.29 Å². The van der Waals surface area contributed by atoms with E-state index in [9.17, 15) is 8.42 Å². The number of hydrogen-bond donors (Lipinski definition) is 2. The molecule has 0 aliphatic heterocycles. The van der Waals surface area contributed by atoms with Gasteiger partial charge in [-0.25, -0.2) is 8.42 Å². The van der Waals surface area contributed by atoms with Crippen molar-refractivity contribution in [3.63, 3.8) is 0 Å². The van der Waals surface area contributed by atoms with Gasteiger partial charge in [-0.15, -0.1) is 0 Å². The molecule has 1 aromatic carbocycles. The fraction of sp³-hybridized carbons (Fsp3) is 0.286. The Morgan fingerprint density at radius 2 is 2.14 bits per heavy atom. The van der Waals surface area contributed by atoms with Crippen LogP contribution in [0.5, 0.6) is 0 Å². The second-order valence-electron chi connectivity index (χ2n) is 4.72. The van der Waals surface area contributed by atoms with Crippen LogP contribution >= 0.6 is 0 Å². The lowest BCUT2D eigenvalue weighted by Crippen LogP contribution is -2.38. The molecule has 0 radical (unpaired) electrons. The molecular weight excluding hydrogens is 288 g/mol. The van der Waals surface area contributed by atoms with Crippen molar-refractivity contribution in [3.8, 4) is 0 Å². The maximum atomic E-state index is 12.8. The molecule has 0 aliphatic carbocycles. The number of nitrogens with one attached hydrogen (secondary N) is 1. The normalized spacial score (nSPS) is 11.9. The molecule has 1 aromatic heterocycles. The van der Waals surface area contributed by atoms with Gasteiger partial charge in [0, 0.05) is 29.7 Å². The number of rotatable bonds is 6. The molecule has 0 unspecified atom stereocenters. The Morgan fingerprint density at radius 3 is 2.81 bits per heavy atom. The Labute approximate surface area is 124 Å². The van der Waals surface area contributed by atoms with E-state index in [1.54, 1.807) is 30.6 Å². The Balaban J connectivity index is 2.56. The number of aromatic nitrogens is 1. The van der Waals surface area contributed by atoms with E-state index in [0.29, 0.717) is 18.4 Å². The van der Waals surface area contributed by atoms with E-state index >= 15 is 0 Å². The highest BCUT2D eigenvalue weighted by atomic mass is 32.2. The van der Waals surface area contributed by atoms with Gasteiger partial charge in [-0.2, -0.15) is 4.31 Å². The summed E-state index contributed by atoms with van der Waals surface area (Å²) >= 11 is 0. The monoisotopic (exact) mass is 306 g/mol. The number of hydrogen-bond acceptors (Lipinski definition) is 4. The summed E-state index contributed by atoms with van der Waals surface area (Å²) in [6.07, 6.45) is 3.85. The SMILES string of the molecule is CCCN(CC(=N)N)S(=O)(=O)c1cccc2cnccc12. The van der Waals surface area contributed by atoms with Gasteiger partial charge in [0.25, 0.3) is 0 Å². The highest BCUT2D eigenvalue weighted by Gasteiger charge is 2.26. The van der Waals surface area contributed by atoms with Gasteiger partial charge in [-0.1, -0.05) is 19.1 Å². The van der Waals surface area contributed by atoms with Crippen molar-refractivity contribution in [2.75, 3.05) is 13.1 Å². The first kappa shape index (κ1) is 15.4. The lowest BCUT2D eigenvalue weighted by atomic mass is 10.2. The van der Waals surface area contributed by atoms with E-state index < -0.39 is 10.0 Å². The van der Waals surface area contributed by atoms with Gasteiger partial charge in [0.05, 0.1) is 11.4 Å². The molecule has 0 saturated carbocycles. The van der Waals surface area contributed by atoms with Gasteiger partial charge in [0.1, 0.15) is 5.84 Å². The molecule has 21 heavy (non-hydrogen) atoms. The zero-order valence-electron chi connectivity index (χ0n) is 11.8. The quantitative estimate of drug-likeness (QED) is 0.625. The summed E-state index contributed by atoms with van der Waals surface area (Å²) in [4.78, 5) is 4.22. The predicted octanol–water partition coefficient (Wildman–Crippen LogP) is 1.57. The zero-order valence-corrected chi connectivity index (χ0v) is 12.6. The van der Waals surface area contributed by atoms with Crippen LogP contribution in [0.15, 0.2) is 41.6 Å². The summed E-state index contributed by atoms with van der Waals surface area (Å²) in [5.41, 5.74) is 5.38. The van der Waals surface area contributed by atoms with Gasteiger partial charge in [0.15, 0.2) is 0 Å². The summed E-state index contributed by atoms with van der Waals surface area (Å²) in [5, 5.41) is 8.75. The Kier molecular flexibility index (Phi) is 4.54. The number of amidine groups is 1. The Hall–Kier alpha value is -1.99. The molecule has 3 N–H and O–H groups in total.